The Labute approximate surface area is 222 Å². The average Bonchev–Trinajstić information content (AvgIpc) is 3.19. The summed E-state index contributed by atoms with van der Waals surface area (Å²) in [6.45, 7) is 1.08. The van der Waals surface area contributed by atoms with E-state index < -0.39 is 78.5 Å². The molecular weight excluding hydrogens is 524 g/mol. The zero-order chi connectivity index (χ0) is 27.6. The third-order valence-corrected chi connectivity index (χ3v) is 7.72. The minimum Gasteiger partial charge on any atom is -0.508 e. The van der Waals surface area contributed by atoms with Crippen molar-refractivity contribution in [3.05, 3.63) is 47.7 Å². The van der Waals surface area contributed by atoms with Crippen molar-refractivity contribution in [2.45, 2.75) is 56.4 Å². The predicted molar refractivity (Wildman–Crippen MR) is 131 cm³/mol. The summed E-state index contributed by atoms with van der Waals surface area (Å²) < 4.78 is 22.7. The minimum atomic E-state index is -1.62. The summed E-state index contributed by atoms with van der Waals surface area (Å²) in [5.74, 6) is -2.65. The highest BCUT2D eigenvalue weighted by Crippen LogP contribution is 2.47. The number of ether oxygens (including phenoxy) is 3. The molecule has 1 aliphatic carbocycles. The summed E-state index contributed by atoms with van der Waals surface area (Å²) in [6, 6.07) is 6.12. The Hall–Kier alpha value is -2.49. The molecule has 6 N–H and O–H groups in total. The summed E-state index contributed by atoms with van der Waals surface area (Å²) >= 11 is 0.371. The number of aromatic hydroxyl groups is 1. The van der Waals surface area contributed by atoms with Crippen LogP contribution in [-0.2, 0) is 28.0 Å². The summed E-state index contributed by atoms with van der Waals surface area (Å²) in [4.78, 5) is 24.1. The lowest BCUT2D eigenvalue weighted by Gasteiger charge is -2.44. The molecule has 4 rings (SSSR count). The number of phenolic OH excluding ortho intramolecular Hbond substituents is 1. The van der Waals surface area contributed by atoms with E-state index in [1.807, 2.05) is 0 Å². The number of aliphatic hydroxyl groups excluding tert-OH is 4. The Bertz CT molecular complexity index is 1060. The highest BCUT2D eigenvalue weighted by Gasteiger charge is 2.53. The molecule has 1 aromatic rings. The van der Waals surface area contributed by atoms with Crippen molar-refractivity contribution in [1.82, 2.24) is 0 Å². The van der Waals surface area contributed by atoms with Crippen LogP contribution in [0.25, 0.3) is 6.08 Å². The van der Waals surface area contributed by atoms with Gasteiger partial charge in [0.1, 0.15) is 24.1 Å². The van der Waals surface area contributed by atoms with Crippen molar-refractivity contribution in [2.75, 3.05) is 6.61 Å². The Balaban J connectivity index is 1.48. The van der Waals surface area contributed by atoms with Crippen LogP contribution in [0.2, 0.25) is 0 Å². The van der Waals surface area contributed by atoms with Crippen LogP contribution < -0.4 is 0 Å². The fourth-order valence-corrected chi connectivity index (χ4v) is 5.49. The van der Waals surface area contributed by atoms with E-state index in [9.17, 15) is 40.2 Å². The summed E-state index contributed by atoms with van der Waals surface area (Å²) in [7, 11) is 0. The highest BCUT2D eigenvalue weighted by atomic mass is 32.2. The highest BCUT2D eigenvalue weighted by molar-refractivity contribution is 8.10. The zero-order valence-corrected chi connectivity index (χ0v) is 21.1. The number of rotatable bonds is 8. The molecule has 0 spiro atoms. The maximum Gasteiger partial charge on any atom is 0.334 e. The Morgan fingerprint density at radius 1 is 1.13 bits per heavy atom. The number of hydrogen-bond donors (Lipinski definition) is 6. The van der Waals surface area contributed by atoms with Gasteiger partial charge in [-0.05, 0) is 36.1 Å². The SMILES string of the molecule is C[C@@H]1[C@H]2[C@H](O[C@@H]3O[C@H](CO)[C@@H](O)[C@H](O)[C@H]3OSC(=O)/C=C/c3ccc(O)cc3)OC=C(C(=O)O)[C@H]2C[C@@H]1O. The molecule has 208 valence electrons. The van der Waals surface area contributed by atoms with Gasteiger partial charge in [0, 0.05) is 11.8 Å². The lowest BCUT2D eigenvalue weighted by molar-refractivity contribution is -0.337. The van der Waals surface area contributed by atoms with Crippen molar-refractivity contribution in [3.63, 3.8) is 0 Å². The number of carbonyl (C=O) groups excluding carboxylic acids is 1. The second-order valence-corrected chi connectivity index (χ2v) is 10.2. The number of aliphatic hydroxyl groups is 4. The van der Waals surface area contributed by atoms with Crippen LogP contribution in [0.3, 0.4) is 0 Å². The first-order valence-corrected chi connectivity index (χ1v) is 12.7. The lowest BCUT2D eigenvalue weighted by Crippen LogP contribution is -2.60. The second kappa shape index (κ2) is 12.1. The van der Waals surface area contributed by atoms with Crippen LogP contribution in [0.1, 0.15) is 18.9 Å². The van der Waals surface area contributed by atoms with Crippen LogP contribution in [0.4, 0.5) is 0 Å². The Morgan fingerprint density at radius 2 is 1.84 bits per heavy atom. The van der Waals surface area contributed by atoms with Gasteiger partial charge in [0.05, 0.1) is 36.6 Å². The van der Waals surface area contributed by atoms with Gasteiger partial charge in [-0.25, -0.2) is 4.79 Å². The van der Waals surface area contributed by atoms with Crippen LogP contribution in [-0.4, -0.2) is 91.4 Å². The van der Waals surface area contributed by atoms with E-state index >= 15 is 0 Å². The molecule has 1 aromatic carbocycles. The molecular formula is C25H30O12S. The Kier molecular flexibility index (Phi) is 9.11. The molecule has 2 aliphatic heterocycles. The van der Waals surface area contributed by atoms with Gasteiger partial charge in [0.25, 0.3) is 0 Å². The van der Waals surface area contributed by atoms with Crippen molar-refractivity contribution < 1.29 is 58.6 Å². The van der Waals surface area contributed by atoms with E-state index in [4.69, 9.17) is 18.4 Å². The molecule has 1 saturated heterocycles. The molecule has 0 amide bonds. The number of fused-ring (bicyclic) bond motifs is 1. The van der Waals surface area contributed by atoms with E-state index in [1.54, 1.807) is 19.1 Å². The molecule has 0 radical (unpaired) electrons. The van der Waals surface area contributed by atoms with Gasteiger partial charge in [-0.15, -0.1) is 0 Å². The molecule has 10 atom stereocenters. The van der Waals surface area contributed by atoms with E-state index in [2.05, 4.69) is 0 Å². The van der Waals surface area contributed by atoms with Gasteiger partial charge in [-0.2, -0.15) is 0 Å². The summed E-state index contributed by atoms with van der Waals surface area (Å²) in [5.41, 5.74) is 0.645. The number of carbonyl (C=O) groups is 2. The maximum atomic E-state index is 12.4. The predicted octanol–water partition coefficient (Wildman–Crippen LogP) is 0.379. The van der Waals surface area contributed by atoms with Crippen molar-refractivity contribution in [2.24, 2.45) is 17.8 Å². The number of carboxylic acid groups (broad SMARTS) is 1. The van der Waals surface area contributed by atoms with Crippen molar-refractivity contribution in [1.29, 1.82) is 0 Å². The minimum absolute atomic E-state index is 0.000808. The van der Waals surface area contributed by atoms with E-state index in [1.165, 1.54) is 24.3 Å². The fourth-order valence-electron chi connectivity index (χ4n) is 4.96. The molecule has 2 fully saturated rings. The maximum absolute atomic E-state index is 12.4. The van der Waals surface area contributed by atoms with E-state index in [-0.39, 0.29) is 17.7 Å². The van der Waals surface area contributed by atoms with Gasteiger partial charge in [0.2, 0.25) is 11.4 Å². The van der Waals surface area contributed by atoms with E-state index in [0.29, 0.717) is 17.6 Å². The third kappa shape index (κ3) is 6.05. The normalized spacial score (nSPS) is 36.9. The van der Waals surface area contributed by atoms with Crippen molar-refractivity contribution >= 4 is 29.2 Å². The molecule has 0 aromatic heterocycles. The number of aliphatic carboxylic acids is 1. The lowest BCUT2D eigenvalue weighted by atomic mass is 9.83. The number of hydrogen-bond acceptors (Lipinski definition) is 12. The molecule has 13 heteroatoms. The van der Waals surface area contributed by atoms with Gasteiger partial charge in [-0.1, -0.05) is 25.1 Å². The first-order chi connectivity index (χ1) is 18.1. The molecule has 0 unspecified atom stereocenters. The van der Waals surface area contributed by atoms with Gasteiger partial charge in [0.15, 0.2) is 12.4 Å². The quantitative estimate of drug-likeness (QED) is 0.191. The monoisotopic (exact) mass is 554 g/mol. The molecule has 12 nitrogen and oxygen atoms in total. The van der Waals surface area contributed by atoms with Crippen LogP contribution in [0, 0.1) is 17.8 Å². The van der Waals surface area contributed by atoms with E-state index in [0.717, 1.165) is 6.26 Å². The molecule has 0 bridgehead atoms. The smallest absolute Gasteiger partial charge is 0.334 e. The first kappa shape index (κ1) is 28.5. The number of benzene rings is 1. The Morgan fingerprint density at radius 3 is 2.50 bits per heavy atom. The number of carboxylic acids is 1. The first-order valence-electron chi connectivity index (χ1n) is 12.0. The van der Waals surface area contributed by atoms with Crippen LogP contribution >= 0.6 is 12.0 Å². The fraction of sp³-hybridized carbons (Fsp3) is 0.520. The molecule has 2 heterocycles. The van der Waals surface area contributed by atoms with Gasteiger partial charge < -0.3 is 44.8 Å². The van der Waals surface area contributed by atoms with Gasteiger partial charge in [-0.3, -0.25) is 8.98 Å². The molecule has 1 saturated carbocycles. The van der Waals surface area contributed by atoms with Crippen molar-refractivity contribution in [3.8, 4) is 5.75 Å². The standard InChI is InChI=1S/C25H30O12S/c1-11-16(28)8-14-15(23(32)33)10-34-24(19(11)14)36-25-22(21(31)20(30)17(9-26)35-25)37-38-18(29)7-4-12-2-5-13(27)6-3-12/h2-7,10-11,14,16-17,19-22,24-28,30-31H,8-9H2,1H3,(H,32,33)/b7-4+/t11-,14+,16-,17+,19+,20+,21-,22+,24-,25-/m0/s1. The van der Waals surface area contributed by atoms with Crippen LogP contribution in [0.5, 0.6) is 5.75 Å². The average molecular weight is 555 g/mol. The topological polar surface area (TPSA) is 192 Å². The second-order valence-electron chi connectivity index (χ2n) is 9.46. The summed E-state index contributed by atoms with van der Waals surface area (Å²) in [5, 5.41) is 59.4. The number of phenols is 1. The summed E-state index contributed by atoms with van der Waals surface area (Å²) in [6.07, 6.45) is -5.20. The zero-order valence-electron chi connectivity index (χ0n) is 20.3. The molecule has 38 heavy (non-hydrogen) atoms. The largest absolute Gasteiger partial charge is 0.508 e. The van der Waals surface area contributed by atoms with Gasteiger partial charge >= 0.3 is 5.97 Å². The third-order valence-electron chi connectivity index (χ3n) is 7.10. The molecule has 3 aliphatic rings. The van der Waals surface area contributed by atoms with Crippen LogP contribution in [0.15, 0.2) is 42.2 Å².